The fourth-order valence-corrected chi connectivity index (χ4v) is 2.62. The molecule has 0 bridgehead atoms. The summed E-state index contributed by atoms with van der Waals surface area (Å²) in [5.74, 6) is 0.582. The van der Waals surface area contributed by atoms with Gasteiger partial charge in [-0.05, 0) is 33.8 Å². The third kappa shape index (κ3) is 2.81. The van der Waals surface area contributed by atoms with Gasteiger partial charge in [0.05, 0.1) is 23.5 Å². The van der Waals surface area contributed by atoms with Gasteiger partial charge >= 0.3 is 0 Å². The summed E-state index contributed by atoms with van der Waals surface area (Å²) in [5.41, 5.74) is 1.63. The van der Waals surface area contributed by atoms with Crippen LogP contribution in [-0.4, -0.2) is 36.1 Å². The van der Waals surface area contributed by atoms with E-state index in [1.54, 1.807) is 13.0 Å². The molecule has 1 fully saturated rings. The standard InChI is InChI=1S/C15H19N3O2/c1-9-7-18(8-10(2)20-9)15-13(6-16)5-14(12(4)19)11(3)17-15/h5,9-10H,7-8H2,1-4H3. The van der Waals surface area contributed by atoms with Gasteiger partial charge in [0.1, 0.15) is 11.9 Å². The second-order valence-electron chi connectivity index (χ2n) is 5.32. The summed E-state index contributed by atoms with van der Waals surface area (Å²) in [4.78, 5) is 18.1. The van der Waals surface area contributed by atoms with E-state index in [4.69, 9.17) is 4.74 Å². The van der Waals surface area contributed by atoms with Gasteiger partial charge in [0, 0.05) is 18.7 Å². The normalized spacial score (nSPS) is 22.4. The molecule has 2 rings (SSSR count). The van der Waals surface area contributed by atoms with Crippen molar-refractivity contribution in [2.45, 2.75) is 39.9 Å². The molecular formula is C15H19N3O2. The van der Waals surface area contributed by atoms with Crippen LogP contribution < -0.4 is 4.90 Å². The lowest BCUT2D eigenvalue weighted by Gasteiger charge is -2.36. The van der Waals surface area contributed by atoms with Crippen LogP contribution in [0.25, 0.3) is 0 Å². The van der Waals surface area contributed by atoms with Gasteiger partial charge in [0.15, 0.2) is 5.78 Å². The second-order valence-corrected chi connectivity index (χ2v) is 5.32. The lowest BCUT2D eigenvalue weighted by molar-refractivity contribution is -0.00548. The van der Waals surface area contributed by atoms with Gasteiger partial charge < -0.3 is 9.64 Å². The van der Waals surface area contributed by atoms with Crippen LogP contribution in [-0.2, 0) is 4.74 Å². The number of nitriles is 1. The van der Waals surface area contributed by atoms with Crippen molar-refractivity contribution < 1.29 is 9.53 Å². The maximum Gasteiger partial charge on any atom is 0.161 e. The highest BCUT2D eigenvalue weighted by Gasteiger charge is 2.26. The number of hydrogen-bond acceptors (Lipinski definition) is 5. The minimum atomic E-state index is -0.0678. The predicted molar refractivity (Wildman–Crippen MR) is 75.9 cm³/mol. The molecule has 5 heteroatoms. The minimum Gasteiger partial charge on any atom is -0.372 e. The SMILES string of the molecule is CC(=O)c1cc(C#N)c(N2CC(C)OC(C)C2)nc1C. The Morgan fingerprint density at radius 1 is 1.45 bits per heavy atom. The number of rotatable bonds is 2. The number of aromatic nitrogens is 1. The molecule has 0 aromatic carbocycles. The molecule has 2 heterocycles. The van der Waals surface area contributed by atoms with Gasteiger partial charge in [-0.15, -0.1) is 0 Å². The highest BCUT2D eigenvalue weighted by atomic mass is 16.5. The lowest BCUT2D eigenvalue weighted by atomic mass is 10.1. The quantitative estimate of drug-likeness (QED) is 0.772. The monoisotopic (exact) mass is 273 g/mol. The first kappa shape index (κ1) is 14.5. The van der Waals surface area contributed by atoms with Crippen LogP contribution in [0, 0.1) is 18.3 Å². The summed E-state index contributed by atoms with van der Waals surface area (Å²) < 4.78 is 5.70. The number of aryl methyl sites for hydroxylation is 1. The summed E-state index contributed by atoms with van der Waals surface area (Å²) >= 11 is 0. The molecular weight excluding hydrogens is 254 g/mol. The zero-order valence-corrected chi connectivity index (χ0v) is 12.3. The van der Waals surface area contributed by atoms with Gasteiger partial charge in [-0.3, -0.25) is 4.79 Å². The average molecular weight is 273 g/mol. The van der Waals surface area contributed by atoms with Crippen molar-refractivity contribution in [3.05, 3.63) is 22.9 Å². The molecule has 106 valence electrons. The van der Waals surface area contributed by atoms with Gasteiger partial charge in [0.25, 0.3) is 0 Å². The van der Waals surface area contributed by atoms with E-state index >= 15 is 0 Å². The molecule has 0 aliphatic carbocycles. The fourth-order valence-electron chi connectivity index (χ4n) is 2.62. The molecule has 0 saturated carbocycles. The zero-order valence-electron chi connectivity index (χ0n) is 12.3. The van der Waals surface area contributed by atoms with E-state index in [9.17, 15) is 10.1 Å². The molecule has 5 nitrogen and oxygen atoms in total. The van der Waals surface area contributed by atoms with E-state index in [0.29, 0.717) is 35.7 Å². The van der Waals surface area contributed by atoms with E-state index < -0.39 is 0 Å². The van der Waals surface area contributed by atoms with Crippen molar-refractivity contribution in [1.29, 1.82) is 5.26 Å². The fraction of sp³-hybridized carbons (Fsp3) is 0.533. The van der Waals surface area contributed by atoms with Crippen LogP contribution in [0.2, 0.25) is 0 Å². The van der Waals surface area contributed by atoms with Gasteiger partial charge in [-0.2, -0.15) is 5.26 Å². The number of ether oxygens (including phenoxy) is 1. The average Bonchev–Trinajstić information content (AvgIpc) is 2.36. The van der Waals surface area contributed by atoms with Crippen LogP contribution >= 0.6 is 0 Å². The lowest BCUT2D eigenvalue weighted by Crippen LogP contribution is -2.46. The van der Waals surface area contributed by atoms with Crippen molar-refractivity contribution >= 4 is 11.6 Å². The van der Waals surface area contributed by atoms with Gasteiger partial charge in [0.2, 0.25) is 0 Å². The first-order chi connectivity index (χ1) is 9.42. The Labute approximate surface area is 119 Å². The van der Waals surface area contributed by atoms with Crippen LogP contribution in [0.3, 0.4) is 0 Å². The predicted octanol–water partition coefficient (Wildman–Crippen LogP) is 2.08. The summed E-state index contributed by atoms with van der Waals surface area (Å²) in [6, 6.07) is 3.79. The molecule has 1 saturated heterocycles. The number of morpholine rings is 1. The van der Waals surface area contributed by atoms with Crippen LogP contribution in [0.1, 0.15) is 42.4 Å². The van der Waals surface area contributed by atoms with Crippen LogP contribution in [0.15, 0.2) is 6.07 Å². The molecule has 0 spiro atoms. The van der Waals surface area contributed by atoms with E-state index in [-0.39, 0.29) is 18.0 Å². The number of ketones is 1. The highest BCUT2D eigenvalue weighted by molar-refractivity contribution is 5.95. The Morgan fingerprint density at radius 3 is 2.55 bits per heavy atom. The number of carbonyl (C=O) groups is 1. The summed E-state index contributed by atoms with van der Waals surface area (Å²) in [6.07, 6.45) is 0.194. The Hall–Kier alpha value is -1.93. The molecule has 1 aromatic rings. The Morgan fingerprint density at radius 2 is 2.05 bits per heavy atom. The smallest absolute Gasteiger partial charge is 0.161 e. The van der Waals surface area contributed by atoms with Crippen molar-refractivity contribution in [1.82, 2.24) is 4.98 Å². The minimum absolute atomic E-state index is 0.0678. The van der Waals surface area contributed by atoms with E-state index in [1.807, 2.05) is 13.8 Å². The molecule has 0 N–H and O–H groups in total. The first-order valence-electron chi connectivity index (χ1n) is 6.75. The highest BCUT2D eigenvalue weighted by Crippen LogP contribution is 2.24. The van der Waals surface area contributed by atoms with E-state index in [1.165, 1.54) is 6.92 Å². The Bertz CT molecular complexity index is 567. The number of anilines is 1. The molecule has 1 aliphatic heterocycles. The molecule has 20 heavy (non-hydrogen) atoms. The molecule has 1 aromatic heterocycles. The topological polar surface area (TPSA) is 66.2 Å². The molecule has 0 radical (unpaired) electrons. The summed E-state index contributed by atoms with van der Waals surface area (Å²) in [7, 11) is 0. The van der Waals surface area contributed by atoms with Crippen LogP contribution in [0.5, 0.6) is 0 Å². The molecule has 2 atom stereocenters. The van der Waals surface area contributed by atoms with Gasteiger partial charge in [-0.1, -0.05) is 0 Å². The number of hydrogen-bond donors (Lipinski definition) is 0. The third-order valence-electron chi connectivity index (χ3n) is 3.41. The van der Waals surface area contributed by atoms with Crippen LogP contribution in [0.4, 0.5) is 5.82 Å². The Balaban J connectivity index is 2.44. The van der Waals surface area contributed by atoms with E-state index in [0.717, 1.165) is 0 Å². The van der Waals surface area contributed by atoms with Crippen molar-refractivity contribution in [3.8, 4) is 6.07 Å². The Kier molecular flexibility index (Phi) is 4.05. The van der Waals surface area contributed by atoms with Gasteiger partial charge in [-0.25, -0.2) is 4.98 Å². The number of pyridine rings is 1. The number of nitrogens with zero attached hydrogens (tertiary/aromatic N) is 3. The molecule has 0 amide bonds. The maximum absolute atomic E-state index is 11.5. The van der Waals surface area contributed by atoms with E-state index in [2.05, 4.69) is 16.0 Å². The van der Waals surface area contributed by atoms with Crippen molar-refractivity contribution in [3.63, 3.8) is 0 Å². The number of Topliss-reactive ketones (excluding diaryl/α,β-unsaturated/α-hetero) is 1. The molecule has 2 unspecified atom stereocenters. The van der Waals surface area contributed by atoms with Crippen molar-refractivity contribution in [2.24, 2.45) is 0 Å². The van der Waals surface area contributed by atoms with Crippen molar-refractivity contribution in [2.75, 3.05) is 18.0 Å². The maximum atomic E-state index is 11.5. The largest absolute Gasteiger partial charge is 0.372 e. The number of carbonyl (C=O) groups excluding carboxylic acids is 1. The zero-order chi connectivity index (χ0) is 14.9. The summed E-state index contributed by atoms with van der Waals surface area (Å²) in [5, 5.41) is 9.32. The summed E-state index contributed by atoms with van der Waals surface area (Å²) in [6.45, 7) is 8.70. The molecule has 1 aliphatic rings. The first-order valence-corrected chi connectivity index (χ1v) is 6.75. The second kappa shape index (κ2) is 5.59. The third-order valence-corrected chi connectivity index (χ3v) is 3.41.